The molecule has 0 saturated heterocycles. The van der Waals surface area contributed by atoms with Crippen molar-refractivity contribution in [2.75, 3.05) is 11.9 Å². The monoisotopic (exact) mass is 325 g/mol. The average Bonchev–Trinajstić information content (AvgIpc) is 2.55. The highest BCUT2D eigenvalue weighted by molar-refractivity contribution is 6.08. The molecule has 0 spiro atoms. The number of hydrogen-bond donors (Lipinski definition) is 1. The molecule has 24 heavy (non-hydrogen) atoms. The van der Waals surface area contributed by atoms with Crippen molar-refractivity contribution in [2.24, 2.45) is 0 Å². The van der Waals surface area contributed by atoms with Crippen LogP contribution in [0.1, 0.15) is 54.0 Å². The topological polar surface area (TPSA) is 55.4 Å². The largest absolute Gasteiger partial charge is 0.462 e. The van der Waals surface area contributed by atoms with Crippen molar-refractivity contribution < 1.29 is 14.3 Å². The summed E-state index contributed by atoms with van der Waals surface area (Å²) in [5, 5.41) is 2.78. The van der Waals surface area contributed by atoms with E-state index < -0.39 is 5.97 Å². The molecule has 126 valence electrons. The van der Waals surface area contributed by atoms with Crippen molar-refractivity contribution in [2.45, 2.75) is 33.1 Å². The lowest BCUT2D eigenvalue weighted by molar-refractivity contribution is 0.0527. The third-order valence-corrected chi connectivity index (χ3v) is 3.68. The van der Waals surface area contributed by atoms with Gasteiger partial charge in [0.15, 0.2) is 0 Å². The minimum Gasteiger partial charge on any atom is -0.462 e. The number of carbonyl (C=O) groups is 2. The predicted molar refractivity (Wildman–Crippen MR) is 95.5 cm³/mol. The molecule has 0 bridgehead atoms. The van der Waals surface area contributed by atoms with Crippen molar-refractivity contribution in [1.29, 1.82) is 0 Å². The van der Waals surface area contributed by atoms with Gasteiger partial charge in [0.2, 0.25) is 0 Å². The Morgan fingerprint density at radius 1 is 1.00 bits per heavy atom. The fraction of sp³-hybridized carbons (Fsp3) is 0.300. The highest BCUT2D eigenvalue weighted by Gasteiger charge is 2.16. The van der Waals surface area contributed by atoms with E-state index in [0.29, 0.717) is 16.8 Å². The number of carbonyl (C=O) groups excluding carboxylic acids is 2. The number of nitrogens with one attached hydrogen (secondary N) is 1. The Labute approximate surface area is 142 Å². The highest BCUT2D eigenvalue weighted by atomic mass is 16.5. The van der Waals surface area contributed by atoms with E-state index in [1.807, 2.05) is 12.1 Å². The molecule has 4 nitrogen and oxygen atoms in total. The van der Waals surface area contributed by atoms with Crippen molar-refractivity contribution in [3.63, 3.8) is 0 Å². The summed E-state index contributed by atoms with van der Waals surface area (Å²) in [5.41, 5.74) is 2.53. The lowest BCUT2D eigenvalue weighted by Crippen LogP contribution is -2.16. The number of rotatable bonds is 4. The Kier molecular flexibility index (Phi) is 5.39. The molecule has 0 saturated carbocycles. The Morgan fingerprint density at radius 2 is 1.62 bits per heavy atom. The van der Waals surface area contributed by atoms with Crippen LogP contribution >= 0.6 is 0 Å². The van der Waals surface area contributed by atoms with Gasteiger partial charge in [-0.15, -0.1) is 0 Å². The minimum absolute atomic E-state index is 0.0333. The zero-order valence-electron chi connectivity index (χ0n) is 14.6. The van der Waals surface area contributed by atoms with E-state index >= 15 is 0 Å². The van der Waals surface area contributed by atoms with E-state index in [0.717, 1.165) is 5.56 Å². The first-order valence-corrected chi connectivity index (χ1v) is 8.01. The number of hydrogen-bond acceptors (Lipinski definition) is 3. The van der Waals surface area contributed by atoms with Crippen LogP contribution in [0.25, 0.3) is 0 Å². The van der Waals surface area contributed by atoms with Gasteiger partial charge in [-0.25, -0.2) is 4.79 Å². The van der Waals surface area contributed by atoms with Crippen molar-refractivity contribution >= 4 is 17.6 Å². The molecule has 2 rings (SSSR count). The lowest BCUT2D eigenvalue weighted by atomic mass is 9.87. The molecular formula is C20H23NO3. The van der Waals surface area contributed by atoms with Crippen LogP contribution in [0.5, 0.6) is 0 Å². The van der Waals surface area contributed by atoms with Gasteiger partial charge in [-0.3, -0.25) is 4.79 Å². The number of amides is 1. The summed E-state index contributed by atoms with van der Waals surface area (Å²) in [5.74, 6) is -0.705. The molecule has 0 radical (unpaired) electrons. The van der Waals surface area contributed by atoms with Gasteiger partial charge in [-0.05, 0) is 42.2 Å². The highest BCUT2D eigenvalue weighted by Crippen LogP contribution is 2.23. The van der Waals surface area contributed by atoms with Crippen LogP contribution in [-0.2, 0) is 10.2 Å². The van der Waals surface area contributed by atoms with Gasteiger partial charge in [-0.2, -0.15) is 0 Å². The van der Waals surface area contributed by atoms with Crippen LogP contribution in [0.3, 0.4) is 0 Å². The van der Waals surface area contributed by atoms with Crippen LogP contribution in [0, 0.1) is 0 Å². The molecular weight excluding hydrogens is 302 g/mol. The molecule has 4 heteroatoms. The first-order valence-electron chi connectivity index (χ1n) is 8.01. The summed E-state index contributed by atoms with van der Waals surface area (Å²) >= 11 is 0. The third kappa shape index (κ3) is 4.22. The van der Waals surface area contributed by atoms with E-state index in [9.17, 15) is 9.59 Å². The molecule has 0 aliphatic carbocycles. The quantitative estimate of drug-likeness (QED) is 0.847. The molecule has 0 aliphatic rings. The summed E-state index contributed by atoms with van der Waals surface area (Å²) in [6, 6.07) is 14.3. The van der Waals surface area contributed by atoms with Gasteiger partial charge >= 0.3 is 5.97 Å². The molecule has 1 N–H and O–H groups in total. The minimum atomic E-state index is -0.448. The maximum Gasteiger partial charge on any atom is 0.340 e. The molecule has 2 aromatic rings. The van der Waals surface area contributed by atoms with Gasteiger partial charge in [0.1, 0.15) is 0 Å². The fourth-order valence-electron chi connectivity index (χ4n) is 2.30. The van der Waals surface area contributed by atoms with Crippen molar-refractivity contribution in [3.8, 4) is 0 Å². The van der Waals surface area contributed by atoms with E-state index in [2.05, 4.69) is 26.1 Å². The predicted octanol–water partition coefficient (Wildman–Crippen LogP) is 4.41. The van der Waals surface area contributed by atoms with Crippen LogP contribution in [0.4, 0.5) is 5.69 Å². The number of para-hydroxylation sites is 1. The van der Waals surface area contributed by atoms with Crippen molar-refractivity contribution in [3.05, 3.63) is 65.2 Å². The smallest absolute Gasteiger partial charge is 0.340 e. The summed E-state index contributed by atoms with van der Waals surface area (Å²) in [6.07, 6.45) is 0. The molecule has 0 aromatic heterocycles. The Balaban J connectivity index is 2.20. The van der Waals surface area contributed by atoms with Gasteiger partial charge in [0, 0.05) is 5.56 Å². The van der Waals surface area contributed by atoms with E-state index in [-0.39, 0.29) is 17.9 Å². The third-order valence-electron chi connectivity index (χ3n) is 3.68. The summed E-state index contributed by atoms with van der Waals surface area (Å²) < 4.78 is 5.02. The van der Waals surface area contributed by atoms with Crippen LogP contribution in [0.15, 0.2) is 48.5 Å². The zero-order chi connectivity index (χ0) is 17.7. The first-order chi connectivity index (χ1) is 11.3. The maximum absolute atomic E-state index is 12.4. The molecule has 0 unspecified atom stereocenters. The second-order valence-electron chi connectivity index (χ2n) is 6.55. The van der Waals surface area contributed by atoms with Gasteiger partial charge in [-0.1, -0.05) is 45.0 Å². The second-order valence-corrected chi connectivity index (χ2v) is 6.55. The summed E-state index contributed by atoms with van der Waals surface area (Å²) in [7, 11) is 0. The molecule has 0 fully saturated rings. The number of anilines is 1. The van der Waals surface area contributed by atoms with Crippen LogP contribution in [-0.4, -0.2) is 18.5 Å². The van der Waals surface area contributed by atoms with Crippen molar-refractivity contribution in [1.82, 2.24) is 0 Å². The van der Waals surface area contributed by atoms with E-state index in [1.54, 1.807) is 43.3 Å². The van der Waals surface area contributed by atoms with Crippen LogP contribution in [0.2, 0.25) is 0 Å². The SMILES string of the molecule is CCOC(=O)c1ccccc1NC(=O)c1ccc(C(C)(C)C)cc1. The summed E-state index contributed by atoms with van der Waals surface area (Å²) in [4.78, 5) is 24.4. The van der Waals surface area contributed by atoms with Crippen LogP contribution < -0.4 is 5.32 Å². The standard InChI is InChI=1S/C20H23NO3/c1-5-24-19(23)16-8-6-7-9-17(16)21-18(22)14-10-12-15(13-11-14)20(2,3)4/h6-13H,5H2,1-4H3,(H,21,22). The van der Waals surface area contributed by atoms with E-state index in [4.69, 9.17) is 4.74 Å². The average molecular weight is 325 g/mol. The Hall–Kier alpha value is -2.62. The first kappa shape index (κ1) is 17.7. The molecule has 2 aromatic carbocycles. The number of ether oxygens (including phenoxy) is 1. The maximum atomic E-state index is 12.4. The fourth-order valence-corrected chi connectivity index (χ4v) is 2.30. The number of benzene rings is 2. The zero-order valence-corrected chi connectivity index (χ0v) is 14.6. The molecule has 1 amide bonds. The molecule has 0 atom stereocenters. The van der Waals surface area contributed by atoms with Gasteiger partial charge < -0.3 is 10.1 Å². The van der Waals surface area contributed by atoms with E-state index in [1.165, 1.54) is 0 Å². The summed E-state index contributed by atoms with van der Waals surface area (Å²) in [6.45, 7) is 8.40. The molecule has 0 heterocycles. The second kappa shape index (κ2) is 7.30. The van der Waals surface area contributed by atoms with Gasteiger partial charge in [0.25, 0.3) is 5.91 Å². The Bertz CT molecular complexity index is 727. The molecule has 0 aliphatic heterocycles. The number of esters is 1. The Morgan fingerprint density at radius 3 is 2.21 bits per heavy atom. The normalized spacial score (nSPS) is 11.0. The lowest BCUT2D eigenvalue weighted by Gasteiger charge is -2.19. The van der Waals surface area contributed by atoms with Gasteiger partial charge in [0.05, 0.1) is 17.9 Å².